The molecule has 0 bridgehead atoms. The molecule has 21 heavy (non-hydrogen) atoms. The maximum absolute atomic E-state index is 11.4. The highest BCUT2D eigenvalue weighted by atomic mass is 16.5. The lowest BCUT2D eigenvalue weighted by molar-refractivity contribution is 0.0600. The minimum atomic E-state index is -0.322. The van der Waals surface area contributed by atoms with Crippen molar-refractivity contribution < 1.29 is 14.6 Å². The molecular formula is C17H19NO3. The summed E-state index contributed by atoms with van der Waals surface area (Å²) in [4.78, 5) is 11.4. The molecule has 4 nitrogen and oxygen atoms in total. The van der Waals surface area contributed by atoms with Crippen LogP contribution < -0.4 is 0 Å². The van der Waals surface area contributed by atoms with Crippen molar-refractivity contribution in [1.29, 1.82) is 0 Å². The van der Waals surface area contributed by atoms with Gasteiger partial charge in [-0.2, -0.15) is 0 Å². The molecule has 1 heterocycles. The fourth-order valence-electron chi connectivity index (χ4n) is 2.89. The maximum atomic E-state index is 11.4. The molecule has 1 aromatic heterocycles. The summed E-state index contributed by atoms with van der Waals surface area (Å²) in [6, 6.07) is 7.42. The molecule has 0 saturated heterocycles. The number of esters is 1. The third-order valence-corrected chi connectivity index (χ3v) is 4.02. The number of aliphatic hydroxyl groups is 1. The first-order valence-corrected chi connectivity index (χ1v) is 7.21. The molecule has 3 rings (SSSR count). The van der Waals surface area contributed by atoms with Gasteiger partial charge in [0.1, 0.15) is 0 Å². The van der Waals surface area contributed by atoms with E-state index in [2.05, 4.69) is 15.5 Å². The maximum Gasteiger partial charge on any atom is 0.337 e. The quantitative estimate of drug-likeness (QED) is 0.882. The lowest BCUT2D eigenvalue weighted by Crippen LogP contribution is -2.05. The molecular weight excluding hydrogens is 266 g/mol. The summed E-state index contributed by atoms with van der Waals surface area (Å²) in [5.74, 6) is -0.318. The molecule has 0 saturated carbocycles. The van der Waals surface area contributed by atoms with Crippen molar-refractivity contribution in [1.82, 2.24) is 4.57 Å². The third kappa shape index (κ3) is 2.85. The first kappa shape index (κ1) is 13.9. The molecule has 2 aromatic rings. The van der Waals surface area contributed by atoms with E-state index < -0.39 is 0 Å². The lowest BCUT2D eigenvalue weighted by Gasteiger charge is -2.16. The van der Waals surface area contributed by atoms with E-state index in [0.29, 0.717) is 5.56 Å². The van der Waals surface area contributed by atoms with Crippen LogP contribution in [0.3, 0.4) is 0 Å². The highest BCUT2D eigenvalue weighted by molar-refractivity contribution is 5.89. The Morgan fingerprint density at radius 2 is 2.10 bits per heavy atom. The van der Waals surface area contributed by atoms with Crippen molar-refractivity contribution in [2.45, 2.75) is 31.9 Å². The Labute approximate surface area is 124 Å². The van der Waals surface area contributed by atoms with Crippen LogP contribution in [0.2, 0.25) is 0 Å². The number of aliphatic hydroxyl groups excluding tert-OH is 1. The molecule has 1 N–H and O–H groups in total. The molecule has 0 spiro atoms. The normalized spacial score (nSPS) is 17.3. The number of ether oxygens (including phenoxy) is 1. The standard InChI is InChI=1S/C17H19NO3/c1-21-17(20)13-7-5-12(6-8-13)9-18-10-14-3-2-4-16(19)15(14)11-18/h5-8,10-11,16,19H,2-4,9H2,1H3. The van der Waals surface area contributed by atoms with Crippen molar-refractivity contribution in [2.24, 2.45) is 0 Å². The monoisotopic (exact) mass is 285 g/mol. The van der Waals surface area contributed by atoms with Crippen LogP contribution >= 0.6 is 0 Å². The van der Waals surface area contributed by atoms with Gasteiger partial charge in [-0.3, -0.25) is 0 Å². The summed E-state index contributed by atoms with van der Waals surface area (Å²) < 4.78 is 6.79. The average molecular weight is 285 g/mol. The summed E-state index contributed by atoms with van der Waals surface area (Å²) in [6.45, 7) is 0.737. The Morgan fingerprint density at radius 3 is 2.76 bits per heavy atom. The number of rotatable bonds is 3. The number of aromatic nitrogens is 1. The number of nitrogens with zero attached hydrogens (tertiary/aromatic N) is 1. The molecule has 1 aliphatic rings. The zero-order chi connectivity index (χ0) is 14.8. The number of carbonyl (C=O) groups excluding carboxylic acids is 1. The summed E-state index contributed by atoms with van der Waals surface area (Å²) in [7, 11) is 1.38. The van der Waals surface area contributed by atoms with E-state index in [-0.39, 0.29) is 12.1 Å². The van der Waals surface area contributed by atoms with Gasteiger partial charge in [0.05, 0.1) is 18.8 Å². The zero-order valence-electron chi connectivity index (χ0n) is 12.1. The van der Waals surface area contributed by atoms with Gasteiger partial charge in [0, 0.05) is 24.5 Å². The van der Waals surface area contributed by atoms with Gasteiger partial charge < -0.3 is 14.4 Å². The molecule has 0 amide bonds. The van der Waals surface area contributed by atoms with Crippen LogP contribution in [0.4, 0.5) is 0 Å². The zero-order valence-corrected chi connectivity index (χ0v) is 12.1. The van der Waals surface area contributed by atoms with Crippen LogP contribution in [0.15, 0.2) is 36.7 Å². The largest absolute Gasteiger partial charge is 0.465 e. The van der Waals surface area contributed by atoms with E-state index in [4.69, 9.17) is 0 Å². The molecule has 0 aliphatic heterocycles. The van der Waals surface area contributed by atoms with E-state index in [0.717, 1.165) is 36.9 Å². The van der Waals surface area contributed by atoms with Crippen LogP contribution in [-0.4, -0.2) is 22.8 Å². The van der Waals surface area contributed by atoms with Crippen LogP contribution in [0.1, 0.15) is 46.0 Å². The van der Waals surface area contributed by atoms with Gasteiger partial charge in [-0.15, -0.1) is 0 Å². The van der Waals surface area contributed by atoms with Gasteiger partial charge in [0.2, 0.25) is 0 Å². The van der Waals surface area contributed by atoms with E-state index in [1.165, 1.54) is 12.7 Å². The summed E-state index contributed by atoms with van der Waals surface area (Å²) in [6.07, 6.45) is 6.77. The fourth-order valence-corrected chi connectivity index (χ4v) is 2.89. The van der Waals surface area contributed by atoms with E-state index in [9.17, 15) is 9.90 Å². The van der Waals surface area contributed by atoms with Gasteiger partial charge in [0.15, 0.2) is 0 Å². The first-order valence-electron chi connectivity index (χ1n) is 7.21. The molecule has 1 aliphatic carbocycles. The van der Waals surface area contributed by atoms with E-state index in [1.807, 2.05) is 18.3 Å². The molecule has 4 heteroatoms. The number of hydrogen-bond acceptors (Lipinski definition) is 3. The van der Waals surface area contributed by atoms with Gasteiger partial charge in [-0.1, -0.05) is 12.1 Å². The topological polar surface area (TPSA) is 51.5 Å². The second-order valence-corrected chi connectivity index (χ2v) is 5.51. The van der Waals surface area contributed by atoms with Crippen LogP contribution in [-0.2, 0) is 17.7 Å². The second-order valence-electron chi connectivity index (χ2n) is 5.51. The van der Waals surface area contributed by atoms with Crippen LogP contribution in [0.25, 0.3) is 0 Å². The Balaban J connectivity index is 1.76. The van der Waals surface area contributed by atoms with Gasteiger partial charge in [-0.05, 0) is 42.5 Å². The highest BCUT2D eigenvalue weighted by Gasteiger charge is 2.19. The number of fused-ring (bicyclic) bond motifs is 1. The number of methoxy groups -OCH3 is 1. The molecule has 110 valence electrons. The minimum Gasteiger partial charge on any atom is -0.465 e. The average Bonchev–Trinajstić information content (AvgIpc) is 2.91. The number of benzene rings is 1. The van der Waals surface area contributed by atoms with E-state index >= 15 is 0 Å². The first-order chi connectivity index (χ1) is 10.2. The Kier molecular flexibility index (Phi) is 3.80. The van der Waals surface area contributed by atoms with Crippen molar-refractivity contribution in [3.05, 3.63) is 58.9 Å². The number of aryl methyl sites for hydroxylation is 1. The Hall–Kier alpha value is -2.07. The van der Waals surface area contributed by atoms with Crippen molar-refractivity contribution in [3.8, 4) is 0 Å². The Morgan fingerprint density at radius 1 is 1.33 bits per heavy atom. The molecule has 1 unspecified atom stereocenters. The molecule has 0 fully saturated rings. The summed E-state index contributed by atoms with van der Waals surface area (Å²) in [5, 5.41) is 10.0. The smallest absolute Gasteiger partial charge is 0.337 e. The number of carbonyl (C=O) groups is 1. The van der Waals surface area contributed by atoms with Gasteiger partial charge in [0.25, 0.3) is 0 Å². The SMILES string of the molecule is COC(=O)c1ccc(Cn2cc3c(c2)C(O)CCC3)cc1. The van der Waals surface area contributed by atoms with Gasteiger partial charge >= 0.3 is 5.97 Å². The van der Waals surface area contributed by atoms with Crippen LogP contribution in [0, 0.1) is 0 Å². The molecule has 0 radical (unpaired) electrons. The highest BCUT2D eigenvalue weighted by Crippen LogP contribution is 2.30. The predicted molar refractivity (Wildman–Crippen MR) is 79.2 cm³/mol. The number of hydrogen-bond donors (Lipinski definition) is 1. The predicted octanol–water partition coefficient (Wildman–Crippen LogP) is 2.69. The Bertz CT molecular complexity index is 643. The molecule has 1 aromatic carbocycles. The summed E-state index contributed by atoms with van der Waals surface area (Å²) in [5.41, 5.74) is 3.99. The minimum absolute atomic E-state index is 0.318. The lowest BCUT2D eigenvalue weighted by atomic mass is 9.93. The van der Waals surface area contributed by atoms with Gasteiger partial charge in [-0.25, -0.2) is 4.79 Å². The molecule has 1 atom stereocenters. The van der Waals surface area contributed by atoms with Crippen molar-refractivity contribution in [3.63, 3.8) is 0 Å². The third-order valence-electron chi connectivity index (χ3n) is 4.02. The van der Waals surface area contributed by atoms with E-state index in [1.54, 1.807) is 12.1 Å². The van der Waals surface area contributed by atoms with Crippen molar-refractivity contribution >= 4 is 5.97 Å². The summed E-state index contributed by atoms with van der Waals surface area (Å²) >= 11 is 0. The fraction of sp³-hybridized carbons (Fsp3) is 0.353. The van der Waals surface area contributed by atoms with Crippen molar-refractivity contribution in [2.75, 3.05) is 7.11 Å². The second kappa shape index (κ2) is 5.74. The van der Waals surface area contributed by atoms with Crippen LogP contribution in [0.5, 0.6) is 0 Å².